The van der Waals surface area contributed by atoms with Crippen molar-refractivity contribution in [2.24, 2.45) is 0 Å². The number of amides is 1. The molecule has 2 aromatic heterocycles. The highest BCUT2D eigenvalue weighted by Crippen LogP contribution is 2.38. The van der Waals surface area contributed by atoms with Crippen LogP contribution in [0.3, 0.4) is 0 Å². The molecular weight excluding hydrogens is 444 g/mol. The van der Waals surface area contributed by atoms with Crippen LogP contribution in [0.2, 0.25) is 0 Å². The molecule has 0 saturated carbocycles. The number of benzene rings is 1. The van der Waals surface area contributed by atoms with E-state index in [0.717, 1.165) is 5.56 Å². The van der Waals surface area contributed by atoms with Crippen LogP contribution in [0, 0.1) is 0 Å². The number of thiocarbonyl (C=S) groups is 1. The van der Waals surface area contributed by atoms with Crippen LogP contribution >= 0.6 is 24.0 Å². The van der Waals surface area contributed by atoms with Crippen LogP contribution in [0.15, 0.2) is 64.4 Å². The predicted octanol–water partition coefficient (Wildman–Crippen LogP) is 3.72. The number of rotatable bonds is 7. The second-order valence-corrected chi connectivity index (χ2v) is 8.84. The summed E-state index contributed by atoms with van der Waals surface area (Å²) < 4.78 is 7.01. The van der Waals surface area contributed by atoms with Gasteiger partial charge in [-0.15, -0.1) is 0 Å². The summed E-state index contributed by atoms with van der Waals surface area (Å²) in [7, 11) is 1.60. The molecule has 1 N–H and O–H groups in total. The Balaban J connectivity index is 1.74. The normalized spacial score (nSPS) is 16.2. The molecule has 1 unspecified atom stereocenters. The lowest BCUT2D eigenvalue weighted by Crippen LogP contribution is -2.31. The number of hydrogen-bond acceptors (Lipinski definition) is 7. The molecule has 1 saturated heterocycles. The third kappa shape index (κ3) is 4.32. The Morgan fingerprint density at radius 3 is 2.69 bits per heavy atom. The number of thioether (sulfide) groups is 1. The van der Waals surface area contributed by atoms with Gasteiger partial charge in [0.25, 0.3) is 11.5 Å². The van der Waals surface area contributed by atoms with Gasteiger partial charge < -0.3 is 10.1 Å². The monoisotopic (exact) mass is 466 g/mol. The maximum Gasteiger partial charge on any atom is 0.267 e. The van der Waals surface area contributed by atoms with E-state index >= 15 is 0 Å². The highest BCUT2D eigenvalue weighted by atomic mass is 32.2. The van der Waals surface area contributed by atoms with Gasteiger partial charge in [-0.25, -0.2) is 4.98 Å². The first-order valence-corrected chi connectivity index (χ1v) is 11.3. The highest BCUT2D eigenvalue weighted by molar-refractivity contribution is 8.26. The van der Waals surface area contributed by atoms with E-state index in [2.05, 4.69) is 10.3 Å². The number of fused-ring (bicyclic) bond motifs is 1. The van der Waals surface area contributed by atoms with Gasteiger partial charge in [0, 0.05) is 19.9 Å². The van der Waals surface area contributed by atoms with Crippen LogP contribution < -0.4 is 10.9 Å². The van der Waals surface area contributed by atoms with Crippen LogP contribution in [0.4, 0.5) is 5.82 Å². The average Bonchev–Trinajstić information content (AvgIpc) is 3.09. The van der Waals surface area contributed by atoms with Gasteiger partial charge in [0.05, 0.1) is 23.1 Å². The van der Waals surface area contributed by atoms with Crippen molar-refractivity contribution in [1.29, 1.82) is 0 Å². The SMILES string of the molecule is COCCNc1nc2ccccn2c(=O)c1C=C1SC(=S)N(C(C)c2ccccc2)C1=O. The molecule has 1 aliphatic heterocycles. The second kappa shape index (κ2) is 9.64. The van der Waals surface area contributed by atoms with Crippen LogP contribution in [-0.4, -0.2) is 44.8 Å². The van der Waals surface area contributed by atoms with Crippen molar-refractivity contribution in [2.75, 3.05) is 25.6 Å². The highest BCUT2D eigenvalue weighted by Gasteiger charge is 2.36. The van der Waals surface area contributed by atoms with Crippen molar-refractivity contribution in [2.45, 2.75) is 13.0 Å². The van der Waals surface area contributed by atoms with Crippen molar-refractivity contribution < 1.29 is 9.53 Å². The van der Waals surface area contributed by atoms with Crippen molar-refractivity contribution in [3.63, 3.8) is 0 Å². The summed E-state index contributed by atoms with van der Waals surface area (Å²) in [5.74, 6) is 0.177. The molecule has 0 spiro atoms. The second-order valence-electron chi connectivity index (χ2n) is 7.17. The van der Waals surface area contributed by atoms with E-state index in [1.54, 1.807) is 36.4 Å². The molecule has 9 heteroatoms. The molecule has 4 rings (SSSR count). The smallest absolute Gasteiger partial charge is 0.267 e. The fourth-order valence-electron chi connectivity index (χ4n) is 3.46. The maximum absolute atomic E-state index is 13.3. The first-order valence-electron chi connectivity index (χ1n) is 10.1. The zero-order chi connectivity index (χ0) is 22.7. The van der Waals surface area contributed by atoms with Gasteiger partial charge in [-0.05, 0) is 30.7 Å². The quantitative estimate of drug-likeness (QED) is 0.323. The number of anilines is 1. The van der Waals surface area contributed by atoms with Gasteiger partial charge in [0.2, 0.25) is 0 Å². The van der Waals surface area contributed by atoms with Gasteiger partial charge in [0.15, 0.2) is 0 Å². The molecule has 0 aliphatic carbocycles. The number of carbonyl (C=O) groups is 1. The number of hydrogen-bond donors (Lipinski definition) is 1. The van der Waals surface area contributed by atoms with Crippen LogP contribution in [0.5, 0.6) is 0 Å². The molecule has 7 nitrogen and oxygen atoms in total. The molecule has 0 radical (unpaired) electrons. The molecule has 0 bridgehead atoms. The first kappa shape index (κ1) is 22.2. The largest absolute Gasteiger partial charge is 0.383 e. The zero-order valence-corrected chi connectivity index (χ0v) is 19.3. The number of ether oxygens (including phenoxy) is 1. The van der Waals surface area contributed by atoms with Crippen LogP contribution in [-0.2, 0) is 9.53 Å². The van der Waals surface area contributed by atoms with E-state index in [1.807, 2.05) is 43.3 Å². The van der Waals surface area contributed by atoms with Gasteiger partial charge in [-0.2, -0.15) is 0 Å². The third-order valence-corrected chi connectivity index (χ3v) is 6.47. The summed E-state index contributed by atoms with van der Waals surface area (Å²) in [5.41, 5.74) is 1.54. The van der Waals surface area contributed by atoms with E-state index in [-0.39, 0.29) is 17.5 Å². The van der Waals surface area contributed by atoms with Crippen LogP contribution in [0.1, 0.15) is 24.1 Å². The summed E-state index contributed by atoms with van der Waals surface area (Å²) in [6.45, 7) is 2.86. The van der Waals surface area contributed by atoms with Gasteiger partial charge in [-0.1, -0.05) is 60.4 Å². The Bertz CT molecular complexity index is 1260. The zero-order valence-electron chi connectivity index (χ0n) is 17.6. The fourth-order valence-corrected chi connectivity index (χ4v) is 4.86. The molecule has 3 aromatic rings. The van der Waals surface area contributed by atoms with Gasteiger partial charge >= 0.3 is 0 Å². The Morgan fingerprint density at radius 2 is 1.94 bits per heavy atom. The lowest BCUT2D eigenvalue weighted by atomic mass is 10.1. The predicted molar refractivity (Wildman–Crippen MR) is 132 cm³/mol. The topological polar surface area (TPSA) is 75.9 Å². The molecule has 1 aromatic carbocycles. The van der Waals surface area contributed by atoms with Crippen LogP contribution in [0.25, 0.3) is 11.7 Å². The Labute approximate surface area is 195 Å². The minimum Gasteiger partial charge on any atom is -0.383 e. The summed E-state index contributed by atoms with van der Waals surface area (Å²) in [4.78, 5) is 33.1. The summed E-state index contributed by atoms with van der Waals surface area (Å²) in [6, 6.07) is 14.8. The summed E-state index contributed by atoms with van der Waals surface area (Å²) >= 11 is 6.70. The molecule has 3 heterocycles. The third-order valence-electron chi connectivity index (χ3n) is 5.14. The Hall–Kier alpha value is -3.01. The molecular formula is C23H22N4O3S2. The standard InChI is InChI=1S/C23H22N4O3S2/c1-15(16-8-4-3-5-9-16)27-22(29)18(32-23(27)31)14-17-20(24-11-13-30-2)25-19-10-6-7-12-26(19)21(17)28/h3-10,12,14-15,24H,11,13H2,1-2H3. The lowest BCUT2D eigenvalue weighted by molar-refractivity contribution is -0.123. The maximum atomic E-state index is 13.3. The minimum atomic E-state index is -0.267. The molecule has 1 atom stereocenters. The summed E-state index contributed by atoms with van der Waals surface area (Å²) in [5, 5.41) is 3.15. The molecule has 1 aliphatic rings. The van der Waals surface area contributed by atoms with E-state index in [4.69, 9.17) is 17.0 Å². The van der Waals surface area contributed by atoms with E-state index < -0.39 is 0 Å². The molecule has 1 amide bonds. The number of pyridine rings is 1. The van der Waals surface area contributed by atoms with E-state index in [0.29, 0.717) is 39.4 Å². The molecule has 164 valence electrons. The lowest BCUT2D eigenvalue weighted by Gasteiger charge is -2.23. The number of nitrogens with zero attached hydrogens (tertiary/aromatic N) is 3. The minimum absolute atomic E-state index is 0.218. The van der Waals surface area contributed by atoms with Crippen molar-refractivity contribution in [3.8, 4) is 0 Å². The van der Waals surface area contributed by atoms with Gasteiger partial charge in [-0.3, -0.25) is 18.9 Å². The molecule has 1 fully saturated rings. The number of carbonyl (C=O) groups excluding carboxylic acids is 1. The molecule has 32 heavy (non-hydrogen) atoms. The van der Waals surface area contributed by atoms with E-state index in [9.17, 15) is 9.59 Å². The van der Waals surface area contributed by atoms with Crippen molar-refractivity contribution in [1.82, 2.24) is 14.3 Å². The summed E-state index contributed by atoms with van der Waals surface area (Å²) in [6.07, 6.45) is 3.24. The average molecular weight is 467 g/mol. The number of methoxy groups -OCH3 is 1. The Kier molecular flexibility index (Phi) is 6.69. The number of aromatic nitrogens is 2. The van der Waals surface area contributed by atoms with Gasteiger partial charge in [0.1, 0.15) is 15.8 Å². The first-order chi connectivity index (χ1) is 15.5. The fraction of sp³-hybridized carbons (Fsp3) is 0.217. The number of nitrogens with one attached hydrogen (secondary N) is 1. The van der Waals surface area contributed by atoms with Crippen molar-refractivity contribution >= 4 is 51.7 Å². The Morgan fingerprint density at radius 1 is 1.19 bits per heavy atom. The van der Waals surface area contributed by atoms with Crippen molar-refractivity contribution in [3.05, 3.63) is 81.1 Å². The van der Waals surface area contributed by atoms with E-state index in [1.165, 1.54) is 16.2 Å².